The number of benzene rings is 1. The lowest BCUT2D eigenvalue weighted by Gasteiger charge is -2.46. The zero-order valence-corrected chi connectivity index (χ0v) is 11.2. The maximum atomic E-state index is 10.3. The normalized spacial score (nSPS) is 42.7. The molecule has 104 valence electrons. The summed E-state index contributed by atoms with van der Waals surface area (Å²) in [7, 11) is 0. The molecular weight excluding hydrogens is 244 g/mol. The van der Waals surface area contributed by atoms with Crippen molar-refractivity contribution in [3.05, 3.63) is 35.9 Å². The summed E-state index contributed by atoms with van der Waals surface area (Å²) < 4.78 is 17.5. The number of hydrogen-bond acceptors (Lipinski definition) is 4. The number of aliphatic hydroxyl groups excluding tert-OH is 1. The molecule has 0 bridgehead atoms. The molecule has 19 heavy (non-hydrogen) atoms. The van der Waals surface area contributed by atoms with Gasteiger partial charge in [-0.2, -0.15) is 0 Å². The van der Waals surface area contributed by atoms with Gasteiger partial charge in [0, 0.05) is 11.5 Å². The average molecular weight is 264 g/mol. The van der Waals surface area contributed by atoms with Gasteiger partial charge in [-0.1, -0.05) is 37.3 Å². The molecule has 0 aromatic heterocycles. The summed E-state index contributed by atoms with van der Waals surface area (Å²) in [5, 5.41) is 10.3. The number of rotatable bonds is 1. The quantitative estimate of drug-likeness (QED) is 0.841. The lowest BCUT2D eigenvalue weighted by molar-refractivity contribution is -0.318. The lowest BCUT2D eigenvalue weighted by Crippen LogP contribution is -2.57. The Hall–Kier alpha value is -0.940. The smallest absolute Gasteiger partial charge is 0.184 e. The fourth-order valence-electron chi connectivity index (χ4n) is 2.73. The summed E-state index contributed by atoms with van der Waals surface area (Å²) >= 11 is 0. The van der Waals surface area contributed by atoms with Crippen LogP contribution in [-0.4, -0.2) is 36.1 Å². The second kappa shape index (κ2) is 5.21. The summed E-state index contributed by atoms with van der Waals surface area (Å²) in [6, 6.07) is 9.79. The minimum atomic E-state index is -0.510. The minimum Gasteiger partial charge on any atom is -0.390 e. The Bertz CT molecular complexity index is 419. The number of aliphatic hydroxyl groups is 1. The van der Waals surface area contributed by atoms with E-state index in [0.29, 0.717) is 6.61 Å². The van der Waals surface area contributed by atoms with Crippen LogP contribution in [0.2, 0.25) is 0 Å². The minimum absolute atomic E-state index is 0.0247. The van der Waals surface area contributed by atoms with Gasteiger partial charge in [-0.3, -0.25) is 0 Å². The lowest BCUT2D eigenvalue weighted by atomic mass is 9.88. The Balaban J connectivity index is 1.75. The van der Waals surface area contributed by atoms with Crippen molar-refractivity contribution >= 4 is 0 Å². The number of ether oxygens (including phenoxy) is 3. The van der Waals surface area contributed by atoms with Crippen molar-refractivity contribution in [2.45, 2.75) is 44.6 Å². The van der Waals surface area contributed by atoms with E-state index in [1.165, 1.54) is 0 Å². The van der Waals surface area contributed by atoms with Crippen molar-refractivity contribution in [2.24, 2.45) is 5.92 Å². The SMILES string of the molecule is C[C@H]1OC2COC(c3ccccc3)O[C@H]2C(O)[C@@H]1C. The highest BCUT2D eigenvalue weighted by Gasteiger charge is 2.46. The van der Waals surface area contributed by atoms with E-state index in [-0.39, 0.29) is 24.2 Å². The highest BCUT2D eigenvalue weighted by Crippen LogP contribution is 2.35. The van der Waals surface area contributed by atoms with Gasteiger partial charge in [0.05, 0.1) is 18.8 Å². The molecule has 6 atom stereocenters. The van der Waals surface area contributed by atoms with Crippen molar-refractivity contribution in [3.63, 3.8) is 0 Å². The van der Waals surface area contributed by atoms with Crippen LogP contribution in [-0.2, 0) is 14.2 Å². The van der Waals surface area contributed by atoms with Crippen LogP contribution in [0, 0.1) is 5.92 Å². The molecule has 0 radical (unpaired) electrons. The van der Waals surface area contributed by atoms with Crippen LogP contribution in [0.3, 0.4) is 0 Å². The standard InChI is InChI=1S/C15H20O4/c1-9-10(2)18-12-8-17-15(19-14(12)13(9)16)11-6-4-3-5-7-11/h3-7,9-10,12-16H,8H2,1-2H3/t9-,10-,12?,13?,14-,15?/m1/s1. The highest BCUT2D eigenvalue weighted by atomic mass is 16.7. The number of hydrogen-bond donors (Lipinski definition) is 1. The van der Waals surface area contributed by atoms with Gasteiger partial charge in [-0.15, -0.1) is 0 Å². The first kappa shape index (κ1) is 13.1. The Labute approximate surface area is 113 Å². The van der Waals surface area contributed by atoms with E-state index < -0.39 is 12.4 Å². The second-order valence-corrected chi connectivity index (χ2v) is 5.41. The number of fused-ring (bicyclic) bond motifs is 1. The fourth-order valence-corrected chi connectivity index (χ4v) is 2.73. The van der Waals surface area contributed by atoms with E-state index in [4.69, 9.17) is 14.2 Å². The van der Waals surface area contributed by atoms with Gasteiger partial charge < -0.3 is 19.3 Å². The Morgan fingerprint density at radius 2 is 1.84 bits per heavy atom. The molecule has 0 aliphatic carbocycles. The van der Waals surface area contributed by atoms with Crippen LogP contribution in [0.1, 0.15) is 25.7 Å². The molecule has 2 fully saturated rings. The Kier molecular flexibility index (Phi) is 3.58. The molecule has 4 heteroatoms. The first-order valence-corrected chi connectivity index (χ1v) is 6.82. The molecule has 2 aliphatic heterocycles. The molecule has 4 nitrogen and oxygen atoms in total. The Morgan fingerprint density at radius 1 is 1.11 bits per heavy atom. The first-order valence-electron chi connectivity index (χ1n) is 6.82. The van der Waals surface area contributed by atoms with Crippen LogP contribution in [0.15, 0.2) is 30.3 Å². The van der Waals surface area contributed by atoms with Crippen LogP contribution in [0.4, 0.5) is 0 Å². The Morgan fingerprint density at radius 3 is 2.58 bits per heavy atom. The molecule has 3 rings (SSSR count). The van der Waals surface area contributed by atoms with Gasteiger partial charge in [-0.05, 0) is 6.92 Å². The summed E-state index contributed by atoms with van der Waals surface area (Å²) in [6.07, 6.45) is -1.40. The molecule has 2 saturated heterocycles. The van der Waals surface area contributed by atoms with Gasteiger partial charge in [0.1, 0.15) is 12.2 Å². The van der Waals surface area contributed by atoms with Crippen molar-refractivity contribution in [1.82, 2.24) is 0 Å². The summed E-state index contributed by atoms with van der Waals surface area (Å²) in [5.41, 5.74) is 0.972. The van der Waals surface area contributed by atoms with Crippen LogP contribution < -0.4 is 0 Å². The van der Waals surface area contributed by atoms with Gasteiger partial charge in [-0.25, -0.2) is 0 Å². The van der Waals surface area contributed by atoms with Gasteiger partial charge in [0.25, 0.3) is 0 Å². The molecule has 2 aliphatic rings. The summed E-state index contributed by atoms with van der Waals surface area (Å²) in [5.74, 6) is 0.0655. The van der Waals surface area contributed by atoms with E-state index in [1.807, 2.05) is 44.2 Å². The van der Waals surface area contributed by atoms with Crippen molar-refractivity contribution in [2.75, 3.05) is 6.61 Å². The van der Waals surface area contributed by atoms with Crippen LogP contribution >= 0.6 is 0 Å². The summed E-state index contributed by atoms with van der Waals surface area (Å²) in [4.78, 5) is 0. The molecular formula is C15H20O4. The fraction of sp³-hybridized carbons (Fsp3) is 0.600. The molecule has 3 unspecified atom stereocenters. The summed E-state index contributed by atoms with van der Waals surface area (Å²) in [6.45, 7) is 4.42. The third kappa shape index (κ3) is 2.41. The maximum absolute atomic E-state index is 10.3. The first-order chi connectivity index (χ1) is 9.16. The highest BCUT2D eigenvalue weighted by molar-refractivity contribution is 5.16. The van der Waals surface area contributed by atoms with Crippen LogP contribution in [0.25, 0.3) is 0 Å². The van der Waals surface area contributed by atoms with E-state index in [1.54, 1.807) is 0 Å². The predicted molar refractivity (Wildman–Crippen MR) is 69.5 cm³/mol. The third-order valence-electron chi connectivity index (χ3n) is 4.14. The zero-order valence-electron chi connectivity index (χ0n) is 11.2. The second-order valence-electron chi connectivity index (χ2n) is 5.41. The van der Waals surface area contributed by atoms with E-state index in [2.05, 4.69) is 0 Å². The monoisotopic (exact) mass is 264 g/mol. The van der Waals surface area contributed by atoms with Crippen molar-refractivity contribution in [1.29, 1.82) is 0 Å². The van der Waals surface area contributed by atoms with Crippen LogP contribution in [0.5, 0.6) is 0 Å². The van der Waals surface area contributed by atoms with Crippen molar-refractivity contribution < 1.29 is 19.3 Å². The molecule has 0 amide bonds. The largest absolute Gasteiger partial charge is 0.390 e. The van der Waals surface area contributed by atoms with Gasteiger partial charge in [0.2, 0.25) is 0 Å². The van der Waals surface area contributed by atoms with Crippen molar-refractivity contribution in [3.8, 4) is 0 Å². The van der Waals surface area contributed by atoms with E-state index >= 15 is 0 Å². The zero-order chi connectivity index (χ0) is 13.4. The predicted octanol–water partition coefficient (Wildman–Crippen LogP) is 1.88. The molecule has 0 spiro atoms. The van der Waals surface area contributed by atoms with Gasteiger partial charge in [0.15, 0.2) is 6.29 Å². The average Bonchev–Trinajstić information content (AvgIpc) is 2.46. The molecule has 1 N–H and O–H groups in total. The topological polar surface area (TPSA) is 47.9 Å². The van der Waals surface area contributed by atoms with E-state index in [0.717, 1.165) is 5.56 Å². The third-order valence-corrected chi connectivity index (χ3v) is 4.14. The maximum Gasteiger partial charge on any atom is 0.184 e. The molecule has 1 aromatic carbocycles. The molecule has 1 aromatic rings. The van der Waals surface area contributed by atoms with E-state index in [9.17, 15) is 5.11 Å². The molecule has 2 heterocycles. The van der Waals surface area contributed by atoms with Gasteiger partial charge >= 0.3 is 0 Å². The molecule has 0 saturated carbocycles.